The summed E-state index contributed by atoms with van der Waals surface area (Å²) in [4.78, 5) is 23.8. The maximum absolute atomic E-state index is 11.6. The number of hydrogen-bond acceptors (Lipinski definition) is 3. The highest BCUT2D eigenvalue weighted by Gasteiger charge is 2.48. The third-order valence-corrected chi connectivity index (χ3v) is 2.91. The van der Waals surface area contributed by atoms with E-state index < -0.39 is 17.7 Å². The van der Waals surface area contributed by atoms with Gasteiger partial charge in [0.25, 0.3) is 0 Å². The molecule has 0 spiro atoms. The minimum absolute atomic E-state index is 0.0646. The van der Waals surface area contributed by atoms with Crippen molar-refractivity contribution in [3.8, 4) is 0 Å². The summed E-state index contributed by atoms with van der Waals surface area (Å²) in [5.74, 6) is -1.18. The van der Waals surface area contributed by atoms with Gasteiger partial charge in [0.15, 0.2) is 0 Å². The largest absolute Gasteiger partial charge is 0.478 e. The average Bonchev–Trinajstić information content (AvgIpc) is 2.56. The molecule has 0 bridgehead atoms. The third kappa shape index (κ3) is 1.93. The second-order valence-electron chi connectivity index (χ2n) is 3.94. The van der Waals surface area contributed by atoms with E-state index in [-0.39, 0.29) is 6.54 Å². The molecule has 1 N–H and O–H groups in total. The first-order valence-electron chi connectivity index (χ1n) is 4.92. The van der Waals surface area contributed by atoms with Crippen LogP contribution in [0.2, 0.25) is 5.02 Å². The van der Waals surface area contributed by atoms with Gasteiger partial charge in [-0.05, 0) is 19.1 Å². The summed E-state index contributed by atoms with van der Waals surface area (Å²) in [5, 5.41) is 9.36. The number of carboxylic acid groups (broad SMARTS) is 1. The number of amides is 1. The summed E-state index contributed by atoms with van der Waals surface area (Å²) in [6, 6.07) is 6.70. The smallest absolute Gasteiger partial charge is 0.415 e. The van der Waals surface area contributed by atoms with Crippen molar-refractivity contribution in [3.63, 3.8) is 0 Å². The van der Waals surface area contributed by atoms with Crippen LogP contribution < -0.4 is 4.90 Å². The molecule has 0 saturated carbocycles. The van der Waals surface area contributed by atoms with Gasteiger partial charge in [0.2, 0.25) is 5.60 Å². The number of rotatable bonds is 2. The molecule has 17 heavy (non-hydrogen) atoms. The first kappa shape index (κ1) is 11.7. The maximum atomic E-state index is 11.6. The predicted octanol–water partition coefficient (Wildman–Crippen LogP) is 2.14. The third-order valence-electron chi connectivity index (χ3n) is 2.59. The zero-order chi connectivity index (χ0) is 12.6. The molecule has 1 aromatic rings. The number of carbonyl (C=O) groups is 2. The Morgan fingerprint density at radius 2 is 2.18 bits per heavy atom. The van der Waals surface area contributed by atoms with Gasteiger partial charge in [0.05, 0.1) is 17.3 Å². The van der Waals surface area contributed by atoms with Gasteiger partial charge in [0.1, 0.15) is 0 Å². The number of benzene rings is 1. The molecule has 5 nitrogen and oxygen atoms in total. The van der Waals surface area contributed by atoms with Crippen LogP contribution in [0.5, 0.6) is 0 Å². The van der Waals surface area contributed by atoms with Gasteiger partial charge in [-0.3, -0.25) is 4.90 Å². The van der Waals surface area contributed by atoms with Crippen molar-refractivity contribution in [1.29, 1.82) is 0 Å². The highest BCUT2D eigenvalue weighted by molar-refractivity contribution is 6.33. The Morgan fingerprint density at radius 3 is 2.71 bits per heavy atom. The zero-order valence-electron chi connectivity index (χ0n) is 9.01. The van der Waals surface area contributed by atoms with Crippen molar-refractivity contribution in [1.82, 2.24) is 0 Å². The van der Waals surface area contributed by atoms with E-state index in [0.717, 1.165) is 0 Å². The van der Waals surface area contributed by atoms with E-state index in [9.17, 15) is 9.59 Å². The lowest BCUT2D eigenvalue weighted by Gasteiger charge is -2.16. The lowest BCUT2D eigenvalue weighted by Crippen LogP contribution is -2.39. The number of ether oxygens (including phenoxy) is 1. The van der Waals surface area contributed by atoms with Crippen LogP contribution in [-0.2, 0) is 9.53 Å². The van der Waals surface area contributed by atoms with E-state index in [1.807, 2.05) is 0 Å². The SMILES string of the molecule is CC1(C(=O)O)CN(c2ccccc2Cl)C(=O)O1. The van der Waals surface area contributed by atoms with Crippen LogP contribution in [-0.4, -0.2) is 29.3 Å². The van der Waals surface area contributed by atoms with Gasteiger partial charge in [-0.15, -0.1) is 0 Å². The van der Waals surface area contributed by atoms with E-state index in [0.29, 0.717) is 10.7 Å². The summed E-state index contributed by atoms with van der Waals surface area (Å²) in [6.45, 7) is 1.29. The van der Waals surface area contributed by atoms with E-state index in [4.69, 9.17) is 21.4 Å². The van der Waals surface area contributed by atoms with Crippen molar-refractivity contribution in [2.45, 2.75) is 12.5 Å². The summed E-state index contributed by atoms with van der Waals surface area (Å²) < 4.78 is 4.86. The van der Waals surface area contributed by atoms with Crippen LogP contribution in [0.4, 0.5) is 10.5 Å². The topological polar surface area (TPSA) is 66.8 Å². The molecule has 1 aromatic carbocycles. The van der Waals surface area contributed by atoms with Gasteiger partial charge in [-0.1, -0.05) is 23.7 Å². The lowest BCUT2D eigenvalue weighted by atomic mass is 10.1. The van der Waals surface area contributed by atoms with Crippen LogP contribution >= 0.6 is 11.6 Å². The molecule has 1 aliphatic rings. The first-order chi connectivity index (χ1) is 7.94. The minimum atomic E-state index is -1.53. The van der Waals surface area contributed by atoms with Crippen molar-refractivity contribution in [2.75, 3.05) is 11.4 Å². The standard InChI is InChI=1S/C11H10ClNO4/c1-11(9(14)15)6-13(10(16)17-11)8-5-3-2-4-7(8)12/h2-5H,6H2,1H3,(H,14,15). The molecule has 0 aromatic heterocycles. The number of halogens is 1. The Balaban J connectivity index is 2.34. The highest BCUT2D eigenvalue weighted by atomic mass is 35.5. The number of para-hydroxylation sites is 1. The number of hydrogen-bond donors (Lipinski definition) is 1. The highest BCUT2D eigenvalue weighted by Crippen LogP contribution is 2.32. The summed E-state index contributed by atoms with van der Waals surface area (Å²) in [6.07, 6.45) is -0.706. The molecular formula is C11H10ClNO4. The fourth-order valence-corrected chi connectivity index (χ4v) is 1.85. The normalized spacial score (nSPS) is 23.6. The van der Waals surface area contributed by atoms with Crippen molar-refractivity contribution in [3.05, 3.63) is 29.3 Å². The van der Waals surface area contributed by atoms with Gasteiger partial charge >= 0.3 is 12.1 Å². The van der Waals surface area contributed by atoms with Crippen LogP contribution in [0, 0.1) is 0 Å². The number of nitrogens with zero attached hydrogens (tertiary/aromatic N) is 1. The second kappa shape index (κ2) is 3.92. The van der Waals surface area contributed by atoms with Crippen molar-refractivity contribution >= 4 is 29.4 Å². The Bertz CT molecular complexity index is 490. The number of aliphatic carboxylic acids is 1. The Labute approximate surface area is 103 Å². The van der Waals surface area contributed by atoms with Gasteiger partial charge in [-0.2, -0.15) is 0 Å². The van der Waals surface area contributed by atoms with E-state index >= 15 is 0 Å². The van der Waals surface area contributed by atoms with Gasteiger partial charge < -0.3 is 9.84 Å². The van der Waals surface area contributed by atoms with Crippen LogP contribution in [0.1, 0.15) is 6.92 Å². The van der Waals surface area contributed by atoms with Crippen molar-refractivity contribution < 1.29 is 19.4 Å². The average molecular weight is 256 g/mol. The molecule has 1 aliphatic heterocycles. The van der Waals surface area contributed by atoms with E-state index in [2.05, 4.69) is 0 Å². The molecule has 1 unspecified atom stereocenters. The molecule has 1 atom stereocenters. The summed E-state index contributed by atoms with van der Waals surface area (Å²) in [5.41, 5.74) is -1.08. The molecule has 2 rings (SSSR count). The number of carbonyl (C=O) groups excluding carboxylic acids is 1. The van der Waals surface area contributed by atoms with Crippen LogP contribution in [0.25, 0.3) is 0 Å². The molecule has 6 heteroatoms. The van der Waals surface area contributed by atoms with Crippen molar-refractivity contribution in [2.24, 2.45) is 0 Å². The second-order valence-corrected chi connectivity index (χ2v) is 4.35. The summed E-state index contributed by atoms with van der Waals surface area (Å²) in [7, 11) is 0. The van der Waals surface area contributed by atoms with Gasteiger partial charge in [-0.25, -0.2) is 9.59 Å². The van der Waals surface area contributed by atoms with E-state index in [1.165, 1.54) is 11.8 Å². The maximum Gasteiger partial charge on any atom is 0.415 e. The number of cyclic esters (lactones) is 1. The van der Waals surface area contributed by atoms with Crippen LogP contribution in [0.3, 0.4) is 0 Å². The number of anilines is 1. The predicted molar refractivity (Wildman–Crippen MR) is 61.3 cm³/mol. The quantitative estimate of drug-likeness (QED) is 0.879. The monoisotopic (exact) mass is 255 g/mol. The molecule has 0 radical (unpaired) electrons. The Morgan fingerprint density at radius 1 is 1.53 bits per heavy atom. The molecule has 1 heterocycles. The molecule has 1 amide bonds. The first-order valence-corrected chi connectivity index (χ1v) is 5.30. The zero-order valence-corrected chi connectivity index (χ0v) is 9.77. The molecule has 0 aliphatic carbocycles. The molecular weight excluding hydrogens is 246 g/mol. The lowest BCUT2D eigenvalue weighted by molar-refractivity contribution is -0.152. The molecule has 1 saturated heterocycles. The van der Waals surface area contributed by atoms with Gasteiger partial charge in [0, 0.05) is 0 Å². The molecule has 90 valence electrons. The Kier molecular flexibility index (Phi) is 2.71. The van der Waals surface area contributed by atoms with Crippen LogP contribution in [0.15, 0.2) is 24.3 Å². The Hall–Kier alpha value is -1.75. The number of carboxylic acids is 1. The minimum Gasteiger partial charge on any atom is -0.478 e. The fraction of sp³-hybridized carbons (Fsp3) is 0.273. The van der Waals surface area contributed by atoms with E-state index in [1.54, 1.807) is 24.3 Å². The fourth-order valence-electron chi connectivity index (χ4n) is 1.61. The summed E-state index contributed by atoms with van der Waals surface area (Å²) >= 11 is 5.95. The molecule has 1 fully saturated rings.